The van der Waals surface area contributed by atoms with Crippen LogP contribution in [0.15, 0.2) is 49.2 Å². The van der Waals surface area contributed by atoms with Crippen LogP contribution in [0.3, 0.4) is 0 Å². The van der Waals surface area contributed by atoms with Crippen LogP contribution >= 0.6 is 0 Å². The molecule has 0 saturated heterocycles. The molecule has 20 heavy (non-hydrogen) atoms. The van der Waals surface area contributed by atoms with Gasteiger partial charge < -0.3 is 10.4 Å². The van der Waals surface area contributed by atoms with Crippen LogP contribution in [0.25, 0.3) is 10.9 Å². The molecule has 0 bridgehead atoms. The summed E-state index contributed by atoms with van der Waals surface area (Å²) in [5.41, 5.74) is 0.911. The van der Waals surface area contributed by atoms with Crippen molar-refractivity contribution in [3.8, 4) is 0 Å². The number of hydrogen-bond donors (Lipinski definition) is 2. The third-order valence-electron chi connectivity index (χ3n) is 2.88. The largest absolute Gasteiger partial charge is 0.480 e. The summed E-state index contributed by atoms with van der Waals surface area (Å²) in [4.78, 5) is 27.4. The van der Waals surface area contributed by atoms with E-state index in [-0.39, 0.29) is 6.42 Å². The van der Waals surface area contributed by atoms with Gasteiger partial charge in [-0.3, -0.25) is 9.78 Å². The lowest BCUT2D eigenvalue weighted by Crippen LogP contribution is -2.40. The predicted octanol–water partition coefficient (Wildman–Crippen LogP) is 1.99. The summed E-state index contributed by atoms with van der Waals surface area (Å²) < 4.78 is 0. The van der Waals surface area contributed by atoms with Crippen LogP contribution in [0, 0.1) is 0 Å². The summed E-state index contributed by atoms with van der Waals surface area (Å²) in [6.45, 7) is 3.49. The van der Waals surface area contributed by atoms with Crippen molar-refractivity contribution in [1.29, 1.82) is 0 Å². The van der Waals surface area contributed by atoms with Gasteiger partial charge in [0, 0.05) is 11.6 Å². The van der Waals surface area contributed by atoms with Crippen LogP contribution in [0.1, 0.15) is 16.8 Å². The van der Waals surface area contributed by atoms with Crippen molar-refractivity contribution < 1.29 is 14.7 Å². The van der Waals surface area contributed by atoms with Crippen molar-refractivity contribution in [2.45, 2.75) is 12.5 Å². The van der Waals surface area contributed by atoms with Gasteiger partial charge in [0.25, 0.3) is 5.91 Å². The third kappa shape index (κ3) is 2.83. The molecule has 0 aliphatic carbocycles. The number of fused-ring (bicyclic) bond motifs is 1. The molecule has 0 fully saturated rings. The Labute approximate surface area is 115 Å². The number of nitrogens with zero attached hydrogens (tertiary/aromatic N) is 1. The molecule has 1 atom stereocenters. The third-order valence-corrected chi connectivity index (χ3v) is 2.88. The molecule has 1 heterocycles. The van der Waals surface area contributed by atoms with E-state index in [1.165, 1.54) is 6.08 Å². The summed E-state index contributed by atoms with van der Waals surface area (Å²) in [6.07, 6.45) is 3.22. The summed E-state index contributed by atoms with van der Waals surface area (Å²) in [7, 11) is 0. The number of benzene rings is 1. The molecule has 1 amide bonds. The van der Waals surface area contributed by atoms with Crippen LogP contribution in [0.5, 0.6) is 0 Å². The van der Waals surface area contributed by atoms with Crippen molar-refractivity contribution in [1.82, 2.24) is 10.3 Å². The van der Waals surface area contributed by atoms with E-state index < -0.39 is 17.9 Å². The van der Waals surface area contributed by atoms with Gasteiger partial charge in [0.15, 0.2) is 0 Å². The highest BCUT2D eigenvalue weighted by atomic mass is 16.4. The van der Waals surface area contributed by atoms with Crippen LogP contribution in [0.4, 0.5) is 0 Å². The maximum atomic E-state index is 12.2. The van der Waals surface area contributed by atoms with Gasteiger partial charge in [-0.25, -0.2) is 4.79 Å². The molecule has 1 aromatic carbocycles. The lowest BCUT2D eigenvalue weighted by molar-refractivity contribution is -0.139. The first-order valence-corrected chi connectivity index (χ1v) is 6.12. The van der Waals surface area contributed by atoms with Gasteiger partial charge in [-0.1, -0.05) is 24.3 Å². The number of aliphatic carboxylic acids is 1. The molecule has 0 saturated carbocycles. The van der Waals surface area contributed by atoms with E-state index in [9.17, 15) is 9.59 Å². The topological polar surface area (TPSA) is 79.3 Å². The van der Waals surface area contributed by atoms with Crippen LogP contribution in [-0.2, 0) is 4.79 Å². The second-order valence-corrected chi connectivity index (χ2v) is 4.27. The first-order valence-electron chi connectivity index (χ1n) is 6.12. The Hall–Kier alpha value is -2.69. The second-order valence-electron chi connectivity index (χ2n) is 4.27. The summed E-state index contributed by atoms with van der Waals surface area (Å²) in [5, 5.41) is 12.3. The molecule has 5 heteroatoms. The van der Waals surface area contributed by atoms with Crippen molar-refractivity contribution >= 4 is 22.8 Å². The fourth-order valence-corrected chi connectivity index (χ4v) is 1.91. The number of rotatable bonds is 5. The lowest BCUT2D eigenvalue weighted by atomic mass is 10.1. The number of nitrogens with one attached hydrogen (secondary N) is 1. The molecule has 0 aliphatic rings. The molecular weight excluding hydrogens is 256 g/mol. The number of pyridine rings is 1. The number of carboxylic acids is 1. The Morgan fingerprint density at radius 1 is 1.35 bits per heavy atom. The first kappa shape index (κ1) is 13.7. The molecule has 5 nitrogen and oxygen atoms in total. The zero-order valence-electron chi connectivity index (χ0n) is 10.7. The molecule has 0 aliphatic heterocycles. The fraction of sp³-hybridized carbons (Fsp3) is 0.133. The Balaban J connectivity index is 2.31. The van der Waals surface area contributed by atoms with Crippen molar-refractivity contribution in [3.05, 3.63) is 54.7 Å². The molecule has 1 unspecified atom stereocenters. The predicted molar refractivity (Wildman–Crippen MR) is 75.4 cm³/mol. The quantitative estimate of drug-likeness (QED) is 0.814. The highest BCUT2D eigenvalue weighted by molar-refractivity contribution is 6.06. The van der Waals surface area contributed by atoms with Crippen LogP contribution < -0.4 is 5.32 Å². The number of aromatic nitrogens is 1. The molecule has 0 radical (unpaired) electrons. The zero-order valence-corrected chi connectivity index (χ0v) is 10.7. The molecule has 1 aromatic heterocycles. The van der Waals surface area contributed by atoms with Gasteiger partial charge in [0.2, 0.25) is 0 Å². The number of amides is 1. The van der Waals surface area contributed by atoms with E-state index >= 15 is 0 Å². The Morgan fingerprint density at radius 3 is 2.80 bits per heavy atom. The van der Waals surface area contributed by atoms with Gasteiger partial charge in [-0.2, -0.15) is 0 Å². The van der Waals surface area contributed by atoms with Crippen molar-refractivity contribution in [2.75, 3.05) is 0 Å². The number of carbonyl (C=O) groups is 2. The standard InChI is InChI=1S/C15H14N2O3/c1-2-5-12(15(19)20)17-14(18)11-8-3-6-10-7-4-9-16-13(10)11/h2-4,6-9,12H,1,5H2,(H,17,18)(H,19,20). The molecule has 2 aromatic rings. The van der Waals surface area contributed by atoms with Gasteiger partial charge in [0.05, 0.1) is 11.1 Å². The molecular formula is C15H14N2O3. The van der Waals surface area contributed by atoms with Gasteiger partial charge >= 0.3 is 5.97 Å². The Morgan fingerprint density at radius 2 is 2.10 bits per heavy atom. The lowest BCUT2D eigenvalue weighted by Gasteiger charge is -2.13. The molecule has 2 rings (SSSR count). The van der Waals surface area contributed by atoms with E-state index in [2.05, 4.69) is 16.9 Å². The SMILES string of the molecule is C=CCC(NC(=O)c1cccc2cccnc12)C(=O)O. The van der Waals surface area contributed by atoms with E-state index in [0.29, 0.717) is 11.1 Å². The minimum absolute atomic E-state index is 0.166. The van der Waals surface area contributed by atoms with Gasteiger partial charge in [-0.05, 0) is 18.6 Å². The smallest absolute Gasteiger partial charge is 0.326 e. The number of carboxylic acid groups (broad SMARTS) is 1. The van der Waals surface area contributed by atoms with E-state index in [4.69, 9.17) is 5.11 Å². The normalized spacial score (nSPS) is 11.8. The minimum Gasteiger partial charge on any atom is -0.480 e. The van der Waals surface area contributed by atoms with E-state index in [1.807, 2.05) is 12.1 Å². The molecule has 0 spiro atoms. The Kier molecular flexibility index (Phi) is 4.10. The summed E-state index contributed by atoms with van der Waals surface area (Å²) >= 11 is 0. The summed E-state index contributed by atoms with van der Waals surface area (Å²) in [5.74, 6) is -1.55. The number of para-hydroxylation sites is 1. The number of carbonyl (C=O) groups excluding carboxylic acids is 1. The highest BCUT2D eigenvalue weighted by Gasteiger charge is 2.20. The summed E-state index contributed by atoms with van der Waals surface area (Å²) in [6, 6.07) is 7.84. The zero-order chi connectivity index (χ0) is 14.5. The highest BCUT2D eigenvalue weighted by Crippen LogP contribution is 2.16. The number of hydrogen-bond acceptors (Lipinski definition) is 3. The van der Waals surface area contributed by atoms with E-state index in [1.54, 1.807) is 24.4 Å². The maximum absolute atomic E-state index is 12.2. The average Bonchev–Trinajstić information content (AvgIpc) is 2.46. The van der Waals surface area contributed by atoms with Crippen molar-refractivity contribution in [3.63, 3.8) is 0 Å². The fourth-order valence-electron chi connectivity index (χ4n) is 1.91. The van der Waals surface area contributed by atoms with E-state index in [0.717, 1.165) is 5.39 Å². The van der Waals surface area contributed by atoms with Gasteiger partial charge in [-0.15, -0.1) is 6.58 Å². The van der Waals surface area contributed by atoms with Crippen molar-refractivity contribution in [2.24, 2.45) is 0 Å². The van der Waals surface area contributed by atoms with Crippen LogP contribution in [-0.4, -0.2) is 28.0 Å². The maximum Gasteiger partial charge on any atom is 0.326 e. The first-order chi connectivity index (χ1) is 9.63. The second kappa shape index (κ2) is 5.97. The Bertz CT molecular complexity index is 662. The monoisotopic (exact) mass is 270 g/mol. The van der Waals surface area contributed by atoms with Gasteiger partial charge in [0.1, 0.15) is 6.04 Å². The average molecular weight is 270 g/mol. The molecule has 2 N–H and O–H groups in total. The molecule has 102 valence electrons. The minimum atomic E-state index is -1.09. The van der Waals surface area contributed by atoms with Crippen LogP contribution in [0.2, 0.25) is 0 Å².